The molecule has 6 nitrogen and oxygen atoms in total. The highest BCUT2D eigenvalue weighted by atomic mass is 19.1. The number of rotatable bonds is 7. The van der Waals surface area contributed by atoms with Gasteiger partial charge in [-0.1, -0.05) is 19.9 Å². The Bertz CT molecular complexity index is 598. The number of hydrogen-bond acceptors (Lipinski definition) is 6. The molecule has 0 aliphatic rings. The van der Waals surface area contributed by atoms with Gasteiger partial charge in [0.25, 0.3) is 0 Å². The fourth-order valence-electron chi connectivity index (χ4n) is 1.57. The number of carbonyl (C=O) groups is 2. The van der Waals surface area contributed by atoms with Crippen LogP contribution in [0.1, 0.15) is 13.8 Å². The maximum Gasteiger partial charge on any atom is 0.354 e. The first-order valence-electron chi connectivity index (χ1n) is 6.95. The highest BCUT2D eigenvalue weighted by molar-refractivity contribution is 5.99. The molecule has 1 rings (SSSR count). The summed E-state index contributed by atoms with van der Waals surface area (Å²) in [6, 6.07) is 4.25. The summed E-state index contributed by atoms with van der Waals surface area (Å²) in [6.07, 6.45) is 0.879. The van der Waals surface area contributed by atoms with Gasteiger partial charge in [-0.25, -0.2) is 14.0 Å². The van der Waals surface area contributed by atoms with Crippen molar-refractivity contribution in [2.24, 2.45) is 5.92 Å². The largest absolute Gasteiger partial charge is 0.491 e. The number of ether oxygens (including phenoxy) is 3. The van der Waals surface area contributed by atoms with Gasteiger partial charge in [-0.05, 0) is 18.1 Å². The van der Waals surface area contributed by atoms with E-state index < -0.39 is 17.8 Å². The first kappa shape index (κ1) is 18.5. The van der Waals surface area contributed by atoms with Gasteiger partial charge in [-0.3, -0.25) is 0 Å². The van der Waals surface area contributed by atoms with Crippen LogP contribution in [0.3, 0.4) is 0 Å². The van der Waals surface area contributed by atoms with Crippen molar-refractivity contribution >= 4 is 17.6 Å². The van der Waals surface area contributed by atoms with E-state index in [1.54, 1.807) is 6.07 Å². The lowest BCUT2D eigenvalue weighted by molar-refractivity contribution is -0.138. The van der Waals surface area contributed by atoms with E-state index in [-0.39, 0.29) is 23.1 Å². The molecule has 0 saturated carbocycles. The van der Waals surface area contributed by atoms with E-state index in [0.29, 0.717) is 6.61 Å². The summed E-state index contributed by atoms with van der Waals surface area (Å²) in [5.74, 6) is -1.80. The van der Waals surface area contributed by atoms with Crippen molar-refractivity contribution in [3.05, 3.63) is 35.8 Å². The Morgan fingerprint density at radius 1 is 1.26 bits per heavy atom. The van der Waals surface area contributed by atoms with Crippen molar-refractivity contribution in [3.8, 4) is 5.75 Å². The second kappa shape index (κ2) is 8.77. The van der Waals surface area contributed by atoms with Gasteiger partial charge in [0.2, 0.25) is 0 Å². The van der Waals surface area contributed by atoms with E-state index in [1.807, 2.05) is 13.8 Å². The van der Waals surface area contributed by atoms with E-state index in [9.17, 15) is 14.0 Å². The lowest BCUT2D eigenvalue weighted by atomic mass is 10.2. The third-order valence-electron chi connectivity index (χ3n) is 2.68. The lowest BCUT2D eigenvalue weighted by Crippen LogP contribution is -2.17. The molecule has 0 radical (unpaired) electrons. The molecule has 0 amide bonds. The number of halogens is 1. The quantitative estimate of drug-likeness (QED) is 0.613. The van der Waals surface area contributed by atoms with E-state index in [4.69, 9.17) is 4.74 Å². The van der Waals surface area contributed by atoms with Crippen molar-refractivity contribution in [2.75, 3.05) is 26.1 Å². The molecule has 0 aliphatic heterocycles. The summed E-state index contributed by atoms with van der Waals surface area (Å²) in [4.78, 5) is 23.1. The van der Waals surface area contributed by atoms with Gasteiger partial charge in [0.05, 0.1) is 26.9 Å². The SMILES string of the molecule is COC(=O)/C=C(/Nc1c(F)cccc1OCC(C)C)C(=O)OC. The van der Waals surface area contributed by atoms with Crippen LogP contribution < -0.4 is 10.1 Å². The maximum atomic E-state index is 14.1. The Hall–Kier alpha value is -2.57. The minimum absolute atomic E-state index is 0.0614. The minimum atomic E-state index is -0.839. The maximum absolute atomic E-state index is 14.1. The van der Waals surface area contributed by atoms with Crippen LogP contribution in [-0.4, -0.2) is 32.8 Å². The zero-order valence-electron chi connectivity index (χ0n) is 13.5. The van der Waals surface area contributed by atoms with Crippen LogP contribution in [0.15, 0.2) is 30.0 Å². The summed E-state index contributed by atoms with van der Waals surface area (Å²) in [7, 11) is 2.31. The van der Waals surface area contributed by atoms with Crippen LogP contribution in [0.4, 0.5) is 10.1 Å². The molecule has 126 valence electrons. The summed E-state index contributed by atoms with van der Waals surface area (Å²) in [5, 5.41) is 2.54. The highest BCUT2D eigenvalue weighted by Crippen LogP contribution is 2.29. The summed E-state index contributed by atoms with van der Waals surface area (Å²) in [5.41, 5.74) is -0.326. The van der Waals surface area contributed by atoms with Gasteiger partial charge in [0, 0.05) is 0 Å². The topological polar surface area (TPSA) is 73.9 Å². The number of nitrogens with one attached hydrogen (secondary N) is 1. The van der Waals surface area contributed by atoms with Crippen LogP contribution in [-0.2, 0) is 19.1 Å². The van der Waals surface area contributed by atoms with Crippen molar-refractivity contribution < 1.29 is 28.2 Å². The average Bonchev–Trinajstić information content (AvgIpc) is 2.53. The first-order valence-corrected chi connectivity index (χ1v) is 6.95. The summed E-state index contributed by atoms with van der Waals surface area (Å²) in [6.45, 7) is 4.26. The molecule has 0 unspecified atom stereocenters. The Labute approximate surface area is 134 Å². The van der Waals surface area contributed by atoms with Gasteiger partial charge in [-0.15, -0.1) is 0 Å². The molecule has 1 N–H and O–H groups in total. The van der Waals surface area contributed by atoms with Crippen LogP contribution in [0.25, 0.3) is 0 Å². The van der Waals surface area contributed by atoms with Crippen molar-refractivity contribution in [1.29, 1.82) is 0 Å². The Morgan fingerprint density at radius 2 is 1.96 bits per heavy atom. The molecule has 1 aromatic rings. The number of methoxy groups -OCH3 is 2. The molecule has 0 atom stereocenters. The fraction of sp³-hybridized carbons (Fsp3) is 0.375. The predicted molar refractivity (Wildman–Crippen MR) is 82.5 cm³/mol. The van der Waals surface area contributed by atoms with Crippen molar-refractivity contribution in [2.45, 2.75) is 13.8 Å². The normalized spacial score (nSPS) is 11.1. The zero-order chi connectivity index (χ0) is 17.4. The smallest absolute Gasteiger partial charge is 0.354 e. The molecule has 0 aromatic heterocycles. The molecule has 0 saturated heterocycles. The number of para-hydroxylation sites is 1. The highest BCUT2D eigenvalue weighted by Gasteiger charge is 2.18. The number of benzene rings is 1. The standard InChI is InChI=1S/C16H20FNO5/c1-10(2)9-23-13-7-5-6-11(17)15(13)18-12(16(20)22-4)8-14(19)21-3/h5-8,10,18H,9H2,1-4H3/b12-8+. The van der Waals surface area contributed by atoms with Gasteiger partial charge in [-0.2, -0.15) is 0 Å². The fourth-order valence-corrected chi connectivity index (χ4v) is 1.57. The number of carbonyl (C=O) groups excluding carboxylic acids is 2. The molecule has 1 aromatic carbocycles. The van der Waals surface area contributed by atoms with Gasteiger partial charge in [0.1, 0.15) is 23.0 Å². The third kappa shape index (κ3) is 5.61. The minimum Gasteiger partial charge on any atom is -0.491 e. The number of esters is 2. The first-order chi connectivity index (χ1) is 10.9. The van der Waals surface area contributed by atoms with Crippen LogP contribution in [0.2, 0.25) is 0 Å². The van der Waals surface area contributed by atoms with Crippen molar-refractivity contribution in [1.82, 2.24) is 0 Å². The van der Waals surface area contributed by atoms with Gasteiger partial charge >= 0.3 is 11.9 Å². The Balaban J connectivity index is 3.14. The van der Waals surface area contributed by atoms with Crippen LogP contribution in [0, 0.1) is 11.7 Å². The molecule has 23 heavy (non-hydrogen) atoms. The van der Waals surface area contributed by atoms with E-state index >= 15 is 0 Å². The zero-order valence-corrected chi connectivity index (χ0v) is 13.5. The molecular weight excluding hydrogens is 305 g/mol. The predicted octanol–water partition coefficient (Wildman–Crippen LogP) is 2.50. The monoisotopic (exact) mass is 325 g/mol. The molecule has 0 aliphatic carbocycles. The molecular formula is C16H20FNO5. The van der Waals surface area contributed by atoms with Crippen molar-refractivity contribution in [3.63, 3.8) is 0 Å². The lowest BCUT2D eigenvalue weighted by Gasteiger charge is -2.16. The summed E-state index contributed by atoms with van der Waals surface area (Å²) >= 11 is 0. The Morgan fingerprint density at radius 3 is 2.52 bits per heavy atom. The molecule has 0 spiro atoms. The van der Waals surface area contributed by atoms with Gasteiger partial charge in [0.15, 0.2) is 0 Å². The molecule has 7 heteroatoms. The number of hydrogen-bond donors (Lipinski definition) is 1. The van der Waals surface area contributed by atoms with E-state index in [0.717, 1.165) is 20.3 Å². The second-order valence-corrected chi connectivity index (χ2v) is 5.02. The molecule has 0 heterocycles. The third-order valence-corrected chi connectivity index (χ3v) is 2.68. The second-order valence-electron chi connectivity index (χ2n) is 5.02. The van der Waals surface area contributed by atoms with Crippen LogP contribution >= 0.6 is 0 Å². The Kier molecular flexibility index (Phi) is 7.05. The summed E-state index contributed by atoms with van der Waals surface area (Å²) < 4.78 is 28.6. The van der Waals surface area contributed by atoms with Gasteiger partial charge < -0.3 is 19.5 Å². The number of anilines is 1. The van der Waals surface area contributed by atoms with E-state index in [1.165, 1.54) is 12.1 Å². The van der Waals surface area contributed by atoms with Crippen LogP contribution in [0.5, 0.6) is 5.75 Å². The average molecular weight is 325 g/mol. The van der Waals surface area contributed by atoms with E-state index in [2.05, 4.69) is 14.8 Å². The molecule has 0 bridgehead atoms. The molecule has 0 fully saturated rings.